The Morgan fingerprint density at radius 3 is 2.50 bits per heavy atom. The highest BCUT2D eigenvalue weighted by atomic mass is 16.3. The van der Waals surface area contributed by atoms with Crippen molar-refractivity contribution >= 4 is 0 Å². The van der Waals surface area contributed by atoms with Gasteiger partial charge in [-0.2, -0.15) is 0 Å². The number of phenols is 1. The van der Waals surface area contributed by atoms with Crippen LogP contribution in [0.2, 0.25) is 0 Å². The Balaban J connectivity index is 2.82. The van der Waals surface area contributed by atoms with Gasteiger partial charge < -0.3 is 10.4 Å². The topological polar surface area (TPSA) is 32.3 Å². The maximum absolute atomic E-state index is 9.83. The van der Waals surface area contributed by atoms with E-state index in [2.05, 4.69) is 39.1 Å². The molecule has 1 rings (SSSR count). The third kappa shape index (κ3) is 3.53. The summed E-state index contributed by atoms with van der Waals surface area (Å²) in [5.41, 5.74) is 2.31. The van der Waals surface area contributed by atoms with Gasteiger partial charge in [0, 0.05) is 0 Å². The van der Waals surface area contributed by atoms with Crippen LogP contribution in [0.3, 0.4) is 0 Å². The van der Waals surface area contributed by atoms with Gasteiger partial charge in [-0.25, -0.2) is 0 Å². The van der Waals surface area contributed by atoms with E-state index in [1.807, 2.05) is 12.1 Å². The van der Waals surface area contributed by atoms with E-state index in [0.717, 1.165) is 25.1 Å². The molecule has 16 heavy (non-hydrogen) atoms. The summed E-state index contributed by atoms with van der Waals surface area (Å²) in [5, 5.41) is 13.1. The molecule has 0 bridgehead atoms. The molecule has 2 N–H and O–H groups in total. The molecule has 0 amide bonds. The number of rotatable bonds is 4. The fourth-order valence-electron chi connectivity index (χ4n) is 1.75. The van der Waals surface area contributed by atoms with E-state index in [9.17, 15) is 5.11 Å². The van der Waals surface area contributed by atoms with E-state index in [4.69, 9.17) is 0 Å². The minimum Gasteiger partial charge on any atom is -0.508 e. The summed E-state index contributed by atoms with van der Waals surface area (Å²) < 4.78 is 0. The molecular formula is C14H23NO. The van der Waals surface area contributed by atoms with Crippen LogP contribution in [0.5, 0.6) is 5.75 Å². The van der Waals surface area contributed by atoms with Crippen LogP contribution >= 0.6 is 0 Å². The van der Waals surface area contributed by atoms with Crippen molar-refractivity contribution in [2.45, 2.75) is 39.5 Å². The maximum atomic E-state index is 9.83. The van der Waals surface area contributed by atoms with Gasteiger partial charge in [-0.1, -0.05) is 39.8 Å². The minimum absolute atomic E-state index is 0.00171. The summed E-state index contributed by atoms with van der Waals surface area (Å²) in [5.74, 6) is 0.403. The third-order valence-corrected chi connectivity index (χ3v) is 2.71. The molecule has 0 radical (unpaired) electrons. The molecule has 0 aliphatic rings. The van der Waals surface area contributed by atoms with Crippen LogP contribution in [0.1, 0.15) is 38.8 Å². The molecule has 90 valence electrons. The van der Waals surface area contributed by atoms with E-state index in [-0.39, 0.29) is 5.41 Å². The SMILES string of the molecule is CCNCCc1ccc(O)c(C(C)(C)C)c1. The third-order valence-electron chi connectivity index (χ3n) is 2.71. The quantitative estimate of drug-likeness (QED) is 0.766. The highest BCUT2D eigenvalue weighted by molar-refractivity contribution is 5.40. The van der Waals surface area contributed by atoms with Gasteiger partial charge >= 0.3 is 0 Å². The number of aromatic hydroxyl groups is 1. The lowest BCUT2D eigenvalue weighted by Crippen LogP contribution is -2.17. The van der Waals surface area contributed by atoms with Crippen molar-refractivity contribution in [1.29, 1.82) is 0 Å². The summed E-state index contributed by atoms with van der Waals surface area (Å²) in [6.07, 6.45) is 1.01. The Kier molecular flexibility index (Phi) is 4.36. The van der Waals surface area contributed by atoms with Crippen molar-refractivity contribution in [2.75, 3.05) is 13.1 Å². The molecule has 0 unspecified atom stereocenters. The molecule has 0 saturated carbocycles. The smallest absolute Gasteiger partial charge is 0.119 e. The Hall–Kier alpha value is -1.02. The summed E-state index contributed by atoms with van der Waals surface area (Å²) in [6, 6.07) is 5.93. The van der Waals surface area contributed by atoms with E-state index in [0.29, 0.717) is 5.75 Å². The average Bonchev–Trinajstić information content (AvgIpc) is 2.19. The number of hydrogen-bond acceptors (Lipinski definition) is 2. The normalized spacial score (nSPS) is 11.8. The fraction of sp³-hybridized carbons (Fsp3) is 0.571. The van der Waals surface area contributed by atoms with Crippen LogP contribution in [-0.2, 0) is 11.8 Å². The molecule has 0 aliphatic carbocycles. The summed E-state index contributed by atoms with van der Waals surface area (Å²) >= 11 is 0. The van der Waals surface area contributed by atoms with Crippen LogP contribution in [0.15, 0.2) is 18.2 Å². The van der Waals surface area contributed by atoms with E-state index in [1.54, 1.807) is 0 Å². The molecular weight excluding hydrogens is 198 g/mol. The lowest BCUT2D eigenvalue weighted by atomic mass is 9.85. The van der Waals surface area contributed by atoms with Gasteiger partial charge in [-0.05, 0) is 42.1 Å². The first-order valence-corrected chi connectivity index (χ1v) is 5.98. The van der Waals surface area contributed by atoms with Crippen molar-refractivity contribution < 1.29 is 5.11 Å². The summed E-state index contributed by atoms with van der Waals surface area (Å²) in [7, 11) is 0. The van der Waals surface area contributed by atoms with Crippen molar-refractivity contribution in [3.8, 4) is 5.75 Å². The summed E-state index contributed by atoms with van der Waals surface area (Å²) in [6.45, 7) is 10.5. The molecule has 0 saturated heterocycles. The van der Waals surface area contributed by atoms with Crippen LogP contribution in [0.4, 0.5) is 0 Å². The van der Waals surface area contributed by atoms with Crippen molar-refractivity contribution in [1.82, 2.24) is 5.32 Å². The van der Waals surface area contributed by atoms with E-state index < -0.39 is 0 Å². The number of benzene rings is 1. The van der Waals surface area contributed by atoms with Crippen LogP contribution < -0.4 is 5.32 Å². The zero-order valence-corrected chi connectivity index (χ0v) is 10.8. The zero-order chi connectivity index (χ0) is 12.2. The Bertz CT molecular complexity index is 339. The van der Waals surface area contributed by atoms with Gasteiger partial charge in [0.25, 0.3) is 0 Å². The van der Waals surface area contributed by atoms with Crippen molar-refractivity contribution in [3.05, 3.63) is 29.3 Å². The Morgan fingerprint density at radius 1 is 1.25 bits per heavy atom. The van der Waals surface area contributed by atoms with Crippen molar-refractivity contribution in [3.63, 3.8) is 0 Å². The number of likely N-dealkylation sites (N-methyl/N-ethyl adjacent to an activating group) is 1. The monoisotopic (exact) mass is 221 g/mol. The molecule has 1 aromatic rings. The lowest BCUT2D eigenvalue weighted by Gasteiger charge is -2.21. The van der Waals surface area contributed by atoms with Crippen LogP contribution in [-0.4, -0.2) is 18.2 Å². The summed E-state index contributed by atoms with van der Waals surface area (Å²) in [4.78, 5) is 0. The molecule has 0 fully saturated rings. The van der Waals surface area contributed by atoms with Gasteiger partial charge in [0.2, 0.25) is 0 Å². The van der Waals surface area contributed by atoms with Gasteiger partial charge in [0.05, 0.1) is 0 Å². The molecule has 0 aromatic heterocycles. The predicted octanol–water partition coefficient (Wildman–Crippen LogP) is 2.84. The average molecular weight is 221 g/mol. The number of nitrogens with one attached hydrogen (secondary N) is 1. The standard InChI is InChI=1S/C14H23NO/c1-5-15-9-8-11-6-7-13(16)12(10-11)14(2,3)4/h6-7,10,15-16H,5,8-9H2,1-4H3. The molecule has 0 aliphatic heterocycles. The molecule has 0 atom stereocenters. The highest BCUT2D eigenvalue weighted by Crippen LogP contribution is 2.31. The molecule has 2 nitrogen and oxygen atoms in total. The van der Waals surface area contributed by atoms with Gasteiger partial charge in [0.1, 0.15) is 5.75 Å². The van der Waals surface area contributed by atoms with Crippen LogP contribution in [0, 0.1) is 0 Å². The Labute approximate surface area is 98.7 Å². The first kappa shape index (κ1) is 13.0. The first-order chi connectivity index (χ1) is 7.45. The number of phenolic OH excluding ortho intramolecular Hbond substituents is 1. The molecule has 0 heterocycles. The van der Waals surface area contributed by atoms with E-state index >= 15 is 0 Å². The molecule has 2 heteroatoms. The maximum Gasteiger partial charge on any atom is 0.119 e. The zero-order valence-electron chi connectivity index (χ0n) is 10.8. The Morgan fingerprint density at radius 2 is 1.94 bits per heavy atom. The minimum atomic E-state index is -0.00171. The number of hydrogen-bond donors (Lipinski definition) is 2. The van der Waals surface area contributed by atoms with Gasteiger partial charge in [-0.15, -0.1) is 0 Å². The van der Waals surface area contributed by atoms with Crippen molar-refractivity contribution in [2.24, 2.45) is 0 Å². The highest BCUT2D eigenvalue weighted by Gasteiger charge is 2.18. The first-order valence-electron chi connectivity index (χ1n) is 5.98. The second kappa shape index (κ2) is 5.35. The van der Waals surface area contributed by atoms with E-state index in [1.165, 1.54) is 5.56 Å². The second-order valence-electron chi connectivity index (χ2n) is 5.21. The lowest BCUT2D eigenvalue weighted by molar-refractivity contribution is 0.446. The molecule has 0 spiro atoms. The second-order valence-corrected chi connectivity index (χ2v) is 5.21. The predicted molar refractivity (Wildman–Crippen MR) is 69.1 cm³/mol. The molecule has 1 aromatic carbocycles. The largest absolute Gasteiger partial charge is 0.508 e. The fourth-order valence-corrected chi connectivity index (χ4v) is 1.75. The van der Waals surface area contributed by atoms with Gasteiger partial charge in [-0.3, -0.25) is 0 Å². The van der Waals surface area contributed by atoms with Gasteiger partial charge in [0.15, 0.2) is 0 Å². The van der Waals surface area contributed by atoms with Crippen LogP contribution in [0.25, 0.3) is 0 Å².